The van der Waals surface area contributed by atoms with Crippen molar-refractivity contribution in [1.29, 1.82) is 0 Å². The first-order valence-corrected chi connectivity index (χ1v) is 5.17. The minimum Gasteiger partial charge on any atom is -0.478 e. The van der Waals surface area contributed by atoms with E-state index in [0.29, 0.717) is 0 Å². The minimum absolute atomic E-state index is 0.00235. The van der Waals surface area contributed by atoms with Crippen molar-refractivity contribution in [3.05, 3.63) is 58.4 Å². The maximum absolute atomic E-state index is 10.8. The van der Waals surface area contributed by atoms with Crippen LogP contribution in [0.25, 0.3) is 0 Å². The first-order chi connectivity index (χ1) is 9.08. The van der Waals surface area contributed by atoms with Crippen LogP contribution in [0, 0.1) is 10.1 Å². The van der Waals surface area contributed by atoms with Crippen molar-refractivity contribution in [1.82, 2.24) is 4.98 Å². The largest absolute Gasteiger partial charge is 0.478 e. The van der Waals surface area contributed by atoms with Crippen molar-refractivity contribution in [2.75, 3.05) is 0 Å². The van der Waals surface area contributed by atoms with Gasteiger partial charge >= 0.3 is 11.7 Å². The van der Waals surface area contributed by atoms with Gasteiger partial charge in [0, 0.05) is 12.3 Å². The number of aromatic carboxylic acids is 1. The predicted molar refractivity (Wildman–Crippen MR) is 64.4 cm³/mol. The molecule has 0 fully saturated rings. The molecule has 0 aliphatic heterocycles. The van der Waals surface area contributed by atoms with Gasteiger partial charge in [-0.25, -0.2) is 4.79 Å². The SMILES string of the molecule is O=C(O)c1cccc(Oc2ccncc2[N+](=O)[O-])c1. The summed E-state index contributed by atoms with van der Waals surface area (Å²) in [6, 6.07) is 7.02. The zero-order chi connectivity index (χ0) is 13.8. The smallest absolute Gasteiger partial charge is 0.335 e. The summed E-state index contributed by atoms with van der Waals surface area (Å²) in [7, 11) is 0. The third-order valence-electron chi connectivity index (χ3n) is 2.27. The van der Waals surface area contributed by atoms with Gasteiger partial charge in [-0.1, -0.05) is 6.07 Å². The van der Waals surface area contributed by atoms with Gasteiger partial charge in [0.15, 0.2) is 0 Å². The van der Waals surface area contributed by atoms with E-state index in [1.165, 1.54) is 36.5 Å². The quantitative estimate of drug-likeness (QED) is 0.669. The molecule has 1 heterocycles. The molecule has 0 spiro atoms. The first kappa shape index (κ1) is 12.5. The lowest BCUT2D eigenvalue weighted by atomic mass is 10.2. The molecule has 2 aromatic rings. The van der Waals surface area contributed by atoms with Crippen molar-refractivity contribution < 1.29 is 19.6 Å². The molecule has 0 aliphatic carbocycles. The summed E-state index contributed by atoms with van der Waals surface area (Å²) in [4.78, 5) is 24.6. The molecule has 19 heavy (non-hydrogen) atoms. The van der Waals surface area contributed by atoms with E-state index in [4.69, 9.17) is 9.84 Å². The maximum Gasteiger partial charge on any atom is 0.335 e. The van der Waals surface area contributed by atoms with E-state index in [2.05, 4.69) is 4.98 Å². The second-order valence-electron chi connectivity index (χ2n) is 3.54. The highest BCUT2D eigenvalue weighted by Gasteiger charge is 2.15. The summed E-state index contributed by atoms with van der Waals surface area (Å²) in [6.45, 7) is 0. The number of hydrogen-bond donors (Lipinski definition) is 1. The van der Waals surface area contributed by atoms with Crippen LogP contribution in [0.5, 0.6) is 11.5 Å². The molecule has 96 valence electrons. The van der Waals surface area contributed by atoms with E-state index in [1.807, 2.05) is 0 Å². The van der Waals surface area contributed by atoms with Crippen LogP contribution in [0.1, 0.15) is 10.4 Å². The number of nitrogens with zero attached hydrogens (tertiary/aromatic N) is 2. The lowest BCUT2D eigenvalue weighted by Gasteiger charge is -2.06. The molecule has 0 saturated heterocycles. The molecule has 2 rings (SSSR count). The second kappa shape index (κ2) is 5.13. The Morgan fingerprint density at radius 2 is 2.16 bits per heavy atom. The standard InChI is InChI=1S/C12H8N2O5/c15-12(16)8-2-1-3-9(6-8)19-11-4-5-13-7-10(11)14(17)18/h1-7H,(H,15,16). The second-order valence-corrected chi connectivity index (χ2v) is 3.54. The monoisotopic (exact) mass is 260 g/mol. The van der Waals surface area contributed by atoms with Gasteiger partial charge in [0.05, 0.1) is 10.5 Å². The van der Waals surface area contributed by atoms with Crippen molar-refractivity contribution in [2.45, 2.75) is 0 Å². The summed E-state index contributed by atoms with van der Waals surface area (Å²) < 4.78 is 5.32. The van der Waals surface area contributed by atoms with Gasteiger partial charge in [-0.3, -0.25) is 15.1 Å². The molecule has 1 N–H and O–H groups in total. The molecule has 1 aromatic heterocycles. The van der Waals surface area contributed by atoms with Crippen LogP contribution in [0.4, 0.5) is 5.69 Å². The molecule has 0 aliphatic rings. The van der Waals surface area contributed by atoms with Gasteiger partial charge < -0.3 is 9.84 Å². The fraction of sp³-hybridized carbons (Fsp3) is 0. The summed E-state index contributed by atoms with van der Waals surface area (Å²) in [5.74, 6) is -0.897. The van der Waals surface area contributed by atoms with E-state index in [0.717, 1.165) is 6.20 Å². The molecule has 1 aromatic carbocycles. The molecular weight excluding hydrogens is 252 g/mol. The highest BCUT2D eigenvalue weighted by molar-refractivity contribution is 5.88. The molecule has 0 atom stereocenters. The number of aromatic nitrogens is 1. The van der Waals surface area contributed by atoms with E-state index in [1.54, 1.807) is 0 Å². The van der Waals surface area contributed by atoms with Gasteiger partial charge in [-0.2, -0.15) is 0 Å². The number of carbonyl (C=O) groups is 1. The summed E-state index contributed by atoms with van der Waals surface area (Å²) in [5, 5.41) is 19.6. The highest BCUT2D eigenvalue weighted by Crippen LogP contribution is 2.30. The number of pyridine rings is 1. The summed E-state index contributed by atoms with van der Waals surface area (Å²) >= 11 is 0. The number of carboxylic acids is 1. The lowest BCUT2D eigenvalue weighted by molar-refractivity contribution is -0.386. The molecule has 0 saturated carbocycles. The number of benzene rings is 1. The minimum atomic E-state index is -1.10. The van der Waals surface area contributed by atoms with Crippen LogP contribution in [0.2, 0.25) is 0 Å². The van der Waals surface area contributed by atoms with Gasteiger partial charge in [-0.05, 0) is 18.2 Å². The summed E-state index contributed by atoms with van der Waals surface area (Å²) in [6.07, 6.45) is 2.42. The predicted octanol–water partition coefficient (Wildman–Crippen LogP) is 2.48. The molecule has 7 nitrogen and oxygen atoms in total. The average molecular weight is 260 g/mol. The Hall–Kier alpha value is -2.96. The molecule has 0 amide bonds. The van der Waals surface area contributed by atoms with Gasteiger partial charge in [0.2, 0.25) is 5.75 Å². The molecule has 0 unspecified atom stereocenters. The number of rotatable bonds is 4. The Morgan fingerprint density at radius 1 is 1.37 bits per heavy atom. The Labute approximate surface area is 107 Å². The van der Waals surface area contributed by atoms with Crippen LogP contribution in [-0.2, 0) is 0 Å². The van der Waals surface area contributed by atoms with Crippen LogP contribution in [0.3, 0.4) is 0 Å². The van der Waals surface area contributed by atoms with Crippen LogP contribution >= 0.6 is 0 Å². The van der Waals surface area contributed by atoms with Crippen molar-refractivity contribution >= 4 is 11.7 Å². The number of hydrogen-bond acceptors (Lipinski definition) is 5. The normalized spacial score (nSPS) is 9.89. The third-order valence-corrected chi connectivity index (χ3v) is 2.27. The van der Waals surface area contributed by atoms with Crippen molar-refractivity contribution in [3.8, 4) is 11.5 Å². The zero-order valence-corrected chi connectivity index (χ0v) is 9.52. The van der Waals surface area contributed by atoms with Crippen molar-refractivity contribution in [2.24, 2.45) is 0 Å². The van der Waals surface area contributed by atoms with Crippen LogP contribution < -0.4 is 4.74 Å². The van der Waals surface area contributed by atoms with E-state index >= 15 is 0 Å². The number of ether oxygens (including phenoxy) is 1. The molecule has 7 heteroatoms. The zero-order valence-electron chi connectivity index (χ0n) is 9.52. The molecule has 0 radical (unpaired) electrons. The highest BCUT2D eigenvalue weighted by atomic mass is 16.6. The van der Waals surface area contributed by atoms with Gasteiger partial charge in [-0.15, -0.1) is 0 Å². The third kappa shape index (κ3) is 2.83. The fourth-order valence-corrected chi connectivity index (χ4v) is 1.42. The van der Waals surface area contributed by atoms with E-state index in [-0.39, 0.29) is 22.7 Å². The maximum atomic E-state index is 10.8. The summed E-state index contributed by atoms with van der Waals surface area (Å²) in [5.41, 5.74) is -0.252. The van der Waals surface area contributed by atoms with E-state index < -0.39 is 10.9 Å². The Bertz CT molecular complexity index is 642. The van der Waals surface area contributed by atoms with Crippen LogP contribution in [0.15, 0.2) is 42.7 Å². The average Bonchev–Trinajstić information content (AvgIpc) is 2.39. The first-order valence-electron chi connectivity index (χ1n) is 5.17. The topological polar surface area (TPSA) is 103 Å². The van der Waals surface area contributed by atoms with Gasteiger partial charge in [0.25, 0.3) is 0 Å². The van der Waals surface area contributed by atoms with Crippen molar-refractivity contribution in [3.63, 3.8) is 0 Å². The molecular formula is C12H8N2O5. The molecule has 0 bridgehead atoms. The lowest BCUT2D eigenvalue weighted by Crippen LogP contribution is -1.97. The Morgan fingerprint density at radius 3 is 2.84 bits per heavy atom. The van der Waals surface area contributed by atoms with E-state index in [9.17, 15) is 14.9 Å². The Balaban J connectivity index is 2.34. The van der Waals surface area contributed by atoms with Crippen LogP contribution in [-0.4, -0.2) is 21.0 Å². The van der Waals surface area contributed by atoms with Gasteiger partial charge in [0.1, 0.15) is 11.9 Å². The number of carboxylic acid groups (broad SMARTS) is 1. The fourth-order valence-electron chi connectivity index (χ4n) is 1.42. The Kier molecular flexibility index (Phi) is 3.37. The number of nitro groups is 1.